The topological polar surface area (TPSA) is 83.9 Å². The molecule has 0 amide bonds. The van der Waals surface area contributed by atoms with Crippen molar-refractivity contribution in [2.45, 2.75) is 30.1 Å². The Morgan fingerprint density at radius 1 is 0.742 bits per heavy atom. The zero-order chi connectivity index (χ0) is 22.6. The maximum Gasteiger partial charge on any atom is 0.283 e. The second kappa shape index (κ2) is 9.03. The van der Waals surface area contributed by atoms with Crippen LogP contribution in [-0.4, -0.2) is 34.0 Å². The fourth-order valence-corrected chi connectivity index (χ4v) is 5.17. The minimum atomic E-state index is -4.11. The standard InChI is InChI=1S/C23H24N2O4S2/c1-18-9-13-21(14-10-18)30(26,27)24-23(17-20-7-5-4-6-8-20)25(3)31(28,29)22-15-11-19(2)12-16-22/h4-16H,17H2,1-3H3/b24-23+. The van der Waals surface area contributed by atoms with E-state index in [1.54, 1.807) is 48.5 Å². The number of benzene rings is 3. The van der Waals surface area contributed by atoms with Crippen molar-refractivity contribution in [3.8, 4) is 0 Å². The summed E-state index contributed by atoms with van der Waals surface area (Å²) in [5.41, 5.74) is 2.57. The number of hydrogen-bond donors (Lipinski definition) is 0. The van der Waals surface area contributed by atoms with E-state index in [1.807, 2.05) is 19.9 Å². The Bertz CT molecular complexity index is 1280. The van der Waals surface area contributed by atoms with Crippen molar-refractivity contribution in [2.24, 2.45) is 4.40 Å². The van der Waals surface area contributed by atoms with Crippen LogP contribution in [0.3, 0.4) is 0 Å². The lowest BCUT2D eigenvalue weighted by Gasteiger charge is -2.21. The molecule has 8 heteroatoms. The number of likely N-dealkylation sites (N-methyl/N-ethyl adjacent to an activating group) is 1. The molecule has 0 aliphatic heterocycles. The molecular weight excluding hydrogens is 432 g/mol. The zero-order valence-corrected chi connectivity index (χ0v) is 19.2. The van der Waals surface area contributed by atoms with Crippen LogP contribution in [0.25, 0.3) is 0 Å². The molecule has 0 unspecified atom stereocenters. The van der Waals surface area contributed by atoms with Gasteiger partial charge in [0.1, 0.15) is 5.84 Å². The van der Waals surface area contributed by atoms with Crippen molar-refractivity contribution in [1.82, 2.24) is 4.31 Å². The first-order chi connectivity index (χ1) is 14.6. The van der Waals surface area contributed by atoms with Crippen LogP contribution in [0.5, 0.6) is 0 Å². The molecule has 0 saturated heterocycles. The van der Waals surface area contributed by atoms with Crippen LogP contribution in [-0.2, 0) is 26.5 Å². The minimum Gasteiger partial charge on any atom is -0.255 e. The van der Waals surface area contributed by atoms with Crippen molar-refractivity contribution in [3.05, 3.63) is 95.6 Å². The van der Waals surface area contributed by atoms with Crippen molar-refractivity contribution in [3.63, 3.8) is 0 Å². The first kappa shape index (κ1) is 22.7. The lowest BCUT2D eigenvalue weighted by Crippen LogP contribution is -2.35. The Hall–Kier alpha value is -2.97. The fourth-order valence-electron chi connectivity index (χ4n) is 2.89. The Morgan fingerprint density at radius 2 is 1.23 bits per heavy atom. The van der Waals surface area contributed by atoms with Gasteiger partial charge >= 0.3 is 0 Å². The number of aryl methyl sites for hydroxylation is 2. The van der Waals surface area contributed by atoms with Gasteiger partial charge in [-0.2, -0.15) is 8.42 Å². The van der Waals surface area contributed by atoms with Gasteiger partial charge < -0.3 is 0 Å². The summed E-state index contributed by atoms with van der Waals surface area (Å²) in [5, 5.41) is 0. The van der Waals surface area contributed by atoms with E-state index in [1.165, 1.54) is 31.3 Å². The van der Waals surface area contributed by atoms with Gasteiger partial charge in [-0.25, -0.2) is 8.42 Å². The highest BCUT2D eigenvalue weighted by molar-refractivity contribution is 7.91. The number of amidine groups is 1. The lowest BCUT2D eigenvalue weighted by molar-refractivity contribution is 0.550. The van der Waals surface area contributed by atoms with Crippen molar-refractivity contribution < 1.29 is 16.8 Å². The van der Waals surface area contributed by atoms with Crippen molar-refractivity contribution >= 4 is 25.9 Å². The quantitative estimate of drug-likeness (QED) is 0.415. The van der Waals surface area contributed by atoms with Gasteiger partial charge in [0.2, 0.25) is 0 Å². The van der Waals surface area contributed by atoms with Gasteiger partial charge in [-0.15, -0.1) is 4.40 Å². The number of rotatable bonds is 6. The smallest absolute Gasteiger partial charge is 0.255 e. The molecule has 162 valence electrons. The van der Waals surface area contributed by atoms with E-state index in [2.05, 4.69) is 4.40 Å². The van der Waals surface area contributed by atoms with E-state index in [4.69, 9.17) is 0 Å². The molecule has 0 radical (unpaired) electrons. The van der Waals surface area contributed by atoms with Gasteiger partial charge in [-0.1, -0.05) is 65.7 Å². The highest BCUT2D eigenvalue weighted by Crippen LogP contribution is 2.20. The van der Waals surface area contributed by atoms with Gasteiger partial charge in [-0.3, -0.25) is 4.31 Å². The van der Waals surface area contributed by atoms with Crippen LogP contribution in [0.1, 0.15) is 16.7 Å². The molecule has 0 aliphatic carbocycles. The molecule has 0 aromatic heterocycles. The number of sulfonamides is 2. The molecule has 0 saturated carbocycles. The largest absolute Gasteiger partial charge is 0.283 e. The van der Waals surface area contributed by atoms with E-state index >= 15 is 0 Å². The average Bonchev–Trinajstić information content (AvgIpc) is 2.74. The molecule has 0 fully saturated rings. The molecule has 0 bridgehead atoms. The monoisotopic (exact) mass is 456 g/mol. The first-order valence-corrected chi connectivity index (χ1v) is 12.5. The van der Waals surface area contributed by atoms with Crippen LogP contribution in [0.2, 0.25) is 0 Å². The highest BCUT2D eigenvalue weighted by Gasteiger charge is 2.26. The average molecular weight is 457 g/mol. The van der Waals surface area contributed by atoms with E-state index in [9.17, 15) is 16.8 Å². The summed E-state index contributed by atoms with van der Waals surface area (Å²) in [6, 6.07) is 21.7. The van der Waals surface area contributed by atoms with E-state index in [0.717, 1.165) is 21.0 Å². The zero-order valence-electron chi connectivity index (χ0n) is 17.6. The molecule has 0 spiro atoms. The van der Waals surface area contributed by atoms with Crippen molar-refractivity contribution in [1.29, 1.82) is 0 Å². The lowest BCUT2D eigenvalue weighted by atomic mass is 10.1. The molecule has 3 aromatic rings. The molecule has 31 heavy (non-hydrogen) atoms. The van der Waals surface area contributed by atoms with Crippen LogP contribution >= 0.6 is 0 Å². The second-order valence-electron chi connectivity index (χ2n) is 7.24. The van der Waals surface area contributed by atoms with Crippen LogP contribution in [0.15, 0.2) is 93.1 Å². The first-order valence-electron chi connectivity index (χ1n) is 9.60. The third kappa shape index (κ3) is 5.39. The minimum absolute atomic E-state index is 0.00444. The van der Waals surface area contributed by atoms with Gasteiger partial charge in [0.05, 0.1) is 9.79 Å². The Labute approximate surface area is 184 Å². The molecule has 0 aliphatic rings. The Morgan fingerprint density at radius 3 is 1.74 bits per heavy atom. The van der Waals surface area contributed by atoms with Crippen molar-refractivity contribution in [2.75, 3.05) is 7.05 Å². The van der Waals surface area contributed by atoms with E-state index in [0.29, 0.717) is 0 Å². The van der Waals surface area contributed by atoms with Gasteiger partial charge in [-0.05, 0) is 43.7 Å². The normalized spacial score (nSPS) is 12.5. The Balaban J connectivity index is 2.08. The molecule has 0 atom stereocenters. The molecular formula is C23H24N2O4S2. The summed E-state index contributed by atoms with van der Waals surface area (Å²) < 4.78 is 57.2. The summed E-state index contributed by atoms with van der Waals surface area (Å²) in [7, 11) is -6.79. The third-order valence-electron chi connectivity index (χ3n) is 4.79. The SMILES string of the molecule is Cc1ccc(S(=O)(=O)/N=C(\Cc2ccccc2)N(C)S(=O)(=O)c2ccc(C)cc2)cc1. The molecule has 0 heterocycles. The number of nitrogens with zero attached hydrogens (tertiary/aromatic N) is 2. The van der Waals surface area contributed by atoms with Gasteiger partial charge in [0.15, 0.2) is 0 Å². The molecule has 0 N–H and O–H groups in total. The van der Waals surface area contributed by atoms with E-state index in [-0.39, 0.29) is 22.0 Å². The molecule has 3 aromatic carbocycles. The maximum absolute atomic E-state index is 13.2. The summed E-state index contributed by atoms with van der Waals surface area (Å²) in [6.45, 7) is 3.71. The third-order valence-corrected chi connectivity index (χ3v) is 7.91. The Kier molecular flexibility index (Phi) is 6.62. The fraction of sp³-hybridized carbons (Fsp3) is 0.174. The highest BCUT2D eigenvalue weighted by atomic mass is 32.2. The van der Waals surface area contributed by atoms with Crippen LogP contribution < -0.4 is 0 Å². The summed E-state index contributed by atoms with van der Waals surface area (Å²) in [4.78, 5) is 0.0684. The predicted molar refractivity (Wildman–Crippen MR) is 122 cm³/mol. The van der Waals surface area contributed by atoms with Crippen LogP contribution in [0, 0.1) is 13.8 Å². The molecule has 3 rings (SSSR count). The van der Waals surface area contributed by atoms with E-state index < -0.39 is 20.0 Å². The summed E-state index contributed by atoms with van der Waals surface area (Å²) in [5.74, 6) is -0.0904. The molecule has 6 nitrogen and oxygen atoms in total. The van der Waals surface area contributed by atoms with Crippen LogP contribution in [0.4, 0.5) is 0 Å². The second-order valence-corrected chi connectivity index (χ2v) is 10.8. The summed E-state index contributed by atoms with van der Waals surface area (Å²) in [6.07, 6.45) is 0.0352. The predicted octanol–water partition coefficient (Wildman–Crippen LogP) is 3.95. The maximum atomic E-state index is 13.2. The van der Waals surface area contributed by atoms with Gasteiger partial charge in [0.25, 0.3) is 20.0 Å². The summed E-state index contributed by atoms with van der Waals surface area (Å²) >= 11 is 0. The number of hydrogen-bond acceptors (Lipinski definition) is 4. The van der Waals surface area contributed by atoms with Gasteiger partial charge in [0, 0.05) is 13.5 Å².